The Morgan fingerprint density at radius 3 is 2.54 bits per heavy atom. The van der Waals surface area contributed by atoms with Crippen LogP contribution < -0.4 is 4.74 Å². The predicted octanol–water partition coefficient (Wildman–Crippen LogP) is 5.85. The number of benzene rings is 2. The Hall–Kier alpha value is -4.12. The van der Waals surface area contributed by atoms with Crippen LogP contribution in [0.2, 0.25) is 0 Å². The predicted molar refractivity (Wildman–Crippen MR) is 208 cm³/mol. The van der Waals surface area contributed by atoms with E-state index in [1.807, 2.05) is 6.92 Å². The third-order valence-electron chi connectivity index (χ3n) is 14.8. The number of aliphatic hydroxyl groups excluding tert-OH is 1. The van der Waals surface area contributed by atoms with E-state index in [2.05, 4.69) is 76.2 Å². The summed E-state index contributed by atoms with van der Waals surface area (Å²) in [6.45, 7) is 6.60. The highest BCUT2D eigenvalue weighted by atomic mass is 16.5. The molecule has 3 N–H and O–H groups in total. The number of nitrogens with zero attached hydrogens (tertiary/aromatic N) is 2. The summed E-state index contributed by atoms with van der Waals surface area (Å²) in [6.07, 6.45) is 7.07. The maximum absolute atomic E-state index is 14.3. The lowest BCUT2D eigenvalue weighted by molar-refractivity contribution is -0.169. The van der Waals surface area contributed by atoms with Crippen LogP contribution in [0.5, 0.6) is 5.75 Å². The molecule has 2 aliphatic carbocycles. The van der Waals surface area contributed by atoms with Crippen molar-refractivity contribution in [2.75, 3.05) is 54.6 Å². The molecule has 10 heteroatoms. The molecule has 6 bridgehead atoms. The summed E-state index contributed by atoms with van der Waals surface area (Å²) in [6, 6.07) is 12.6. The minimum absolute atomic E-state index is 0.0942. The summed E-state index contributed by atoms with van der Waals surface area (Å²) in [7, 11) is 6.76. The molecule has 0 spiro atoms. The Labute approximate surface area is 317 Å². The lowest BCUT2D eigenvalue weighted by Gasteiger charge is -2.57. The number of para-hydroxylation sites is 1. The van der Waals surface area contributed by atoms with E-state index in [9.17, 15) is 14.7 Å². The van der Waals surface area contributed by atoms with Crippen molar-refractivity contribution >= 4 is 33.7 Å². The van der Waals surface area contributed by atoms with Gasteiger partial charge in [0, 0.05) is 88.4 Å². The van der Waals surface area contributed by atoms with Gasteiger partial charge >= 0.3 is 11.9 Å². The Balaban J connectivity index is 1.30. The zero-order valence-corrected chi connectivity index (χ0v) is 32.5. The number of rotatable bonds is 6. The van der Waals surface area contributed by atoms with Crippen molar-refractivity contribution < 1.29 is 28.9 Å². The summed E-state index contributed by atoms with van der Waals surface area (Å²) >= 11 is 0. The van der Waals surface area contributed by atoms with Crippen molar-refractivity contribution in [3.8, 4) is 5.75 Å². The van der Waals surface area contributed by atoms with Crippen LogP contribution in [0.25, 0.3) is 21.8 Å². The molecule has 9 atom stereocenters. The number of allylic oxidation sites excluding steroid dienone is 1. The summed E-state index contributed by atoms with van der Waals surface area (Å²) in [5.41, 5.74) is 6.70. The fraction of sp³-hybridized carbons (Fsp3) is 0.545. The van der Waals surface area contributed by atoms with E-state index in [0.29, 0.717) is 31.2 Å². The first-order valence-corrected chi connectivity index (χ1v) is 19.9. The Kier molecular flexibility index (Phi) is 8.56. The monoisotopic (exact) mass is 734 g/mol. The number of ether oxygens (including phenoxy) is 3. The van der Waals surface area contributed by atoms with Crippen LogP contribution in [0.1, 0.15) is 73.5 Å². The molecule has 4 aromatic rings. The van der Waals surface area contributed by atoms with Gasteiger partial charge in [0.15, 0.2) is 0 Å². The molecule has 6 aliphatic rings. The van der Waals surface area contributed by atoms with Gasteiger partial charge in [-0.3, -0.25) is 19.4 Å². The van der Waals surface area contributed by atoms with Crippen molar-refractivity contribution in [3.63, 3.8) is 0 Å². The quantitative estimate of drug-likeness (QED) is 0.167. The lowest BCUT2D eigenvalue weighted by atomic mass is 9.56. The zero-order chi connectivity index (χ0) is 37.7. The summed E-state index contributed by atoms with van der Waals surface area (Å²) in [5.74, 6) is 0.613. The van der Waals surface area contributed by atoms with E-state index in [-0.39, 0.29) is 42.5 Å². The van der Waals surface area contributed by atoms with E-state index in [1.165, 1.54) is 12.7 Å². The molecule has 4 fully saturated rings. The van der Waals surface area contributed by atoms with Gasteiger partial charge in [-0.15, -0.1) is 0 Å². The number of aliphatic hydroxyl groups is 1. The van der Waals surface area contributed by atoms with Crippen LogP contribution >= 0.6 is 0 Å². The van der Waals surface area contributed by atoms with Crippen LogP contribution in [0.15, 0.2) is 48.0 Å². The topological polar surface area (TPSA) is 120 Å². The highest BCUT2D eigenvalue weighted by Gasteiger charge is 2.63. The van der Waals surface area contributed by atoms with E-state index in [4.69, 9.17) is 14.2 Å². The number of hydrogen-bond donors (Lipinski definition) is 3. The van der Waals surface area contributed by atoms with Gasteiger partial charge in [0.25, 0.3) is 0 Å². The van der Waals surface area contributed by atoms with Gasteiger partial charge in [-0.1, -0.05) is 43.2 Å². The summed E-state index contributed by atoms with van der Waals surface area (Å²) < 4.78 is 17.6. The number of hydrogen-bond acceptors (Lipinski definition) is 8. The molecule has 10 nitrogen and oxygen atoms in total. The molecule has 6 heterocycles. The molecule has 54 heavy (non-hydrogen) atoms. The van der Waals surface area contributed by atoms with Crippen molar-refractivity contribution in [2.45, 2.75) is 75.8 Å². The summed E-state index contributed by atoms with van der Waals surface area (Å²) in [5, 5.41) is 13.7. The fourth-order valence-electron chi connectivity index (χ4n) is 12.6. The largest absolute Gasteiger partial charge is 0.496 e. The van der Waals surface area contributed by atoms with Crippen LogP contribution in [0.3, 0.4) is 0 Å². The Morgan fingerprint density at radius 2 is 1.81 bits per heavy atom. The van der Waals surface area contributed by atoms with Gasteiger partial charge in [0.05, 0.1) is 27.9 Å². The highest BCUT2D eigenvalue weighted by Crippen LogP contribution is 2.57. The van der Waals surface area contributed by atoms with Gasteiger partial charge in [-0.2, -0.15) is 0 Å². The number of aromatic nitrogens is 2. The summed E-state index contributed by atoms with van der Waals surface area (Å²) in [4.78, 5) is 41.0. The van der Waals surface area contributed by atoms with Crippen LogP contribution in [0, 0.1) is 23.2 Å². The second-order valence-corrected chi connectivity index (χ2v) is 16.8. The number of aromatic amines is 2. The van der Waals surface area contributed by atoms with Crippen molar-refractivity contribution in [1.82, 2.24) is 19.8 Å². The van der Waals surface area contributed by atoms with Gasteiger partial charge < -0.3 is 29.3 Å². The minimum Gasteiger partial charge on any atom is -0.496 e. The maximum Gasteiger partial charge on any atom is 0.319 e. The van der Waals surface area contributed by atoms with Crippen molar-refractivity contribution in [2.24, 2.45) is 23.2 Å². The molecule has 0 amide bonds. The number of H-pyrrole nitrogens is 2. The SMILES string of the molecule is C/C=C1/CN(C)[C@H]2Cc3c([nH]c4ccccc34)[C@H](c3cc4c5c([nH]c4cc3OC)[C@]3(C(=O)OC)C[C@H]4C[C@H](CC)[C@@H]3N(CC5)C4)C[C@@H]1[C@]2(CO)C(=O)OC. The second kappa shape index (κ2) is 13.0. The molecule has 2 aromatic heterocycles. The number of carbonyl (C=O) groups excluding carboxylic acids is 2. The van der Waals surface area contributed by atoms with Crippen molar-refractivity contribution in [1.29, 1.82) is 0 Å². The van der Waals surface area contributed by atoms with Crippen LogP contribution in [0.4, 0.5) is 0 Å². The fourth-order valence-corrected chi connectivity index (χ4v) is 12.6. The average Bonchev–Trinajstić information content (AvgIpc) is 3.72. The second-order valence-electron chi connectivity index (χ2n) is 16.8. The maximum atomic E-state index is 14.3. The minimum atomic E-state index is -1.17. The Morgan fingerprint density at radius 1 is 1.02 bits per heavy atom. The molecule has 286 valence electrons. The molecule has 2 aromatic carbocycles. The number of piperidine rings is 3. The number of methoxy groups -OCH3 is 3. The third kappa shape index (κ3) is 4.68. The van der Waals surface area contributed by atoms with E-state index < -0.39 is 10.8 Å². The van der Waals surface area contributed by atoms with E-state index in [1.54, 1.807) is 14.2 Å². The van der Waals surface area contributed by atoms with Gasteiger partial charge in [-0.05, 0) is 81.2 Å². The van der Waals surface area contributed by atoms with Crippen LogP contribution in [-0.4, -0.2) is 104 Å². The molecule has 4 aliphatic heterocycles. The standard InChI is InChI=1S/C44H54N4O6/c1-7-25-15-24-20-43(41(50)53-5)39-28(13-14-48(21-24)40(25)43)29-16-30(36(52-4)19-35(29)46-39)31-17-33-26(8-2)22-47(3)37(44(33,23-49)42(51)54-6)18-32-27-11-9-10-12-34(27)45-38(31)32/h8-12,16,19,24-25,31,33,37,40,45-46,49H,7,13-15,17-18,20-23H2,1-6H3/b26-8-/t24-,25+,31+,33+,37+,40+,43-,44+/m1/s1. The van der Waals surface area contributed by atoms with Gasteiger partial charge in [0.1, 0.15) is 16.6 Å². The van der Waals surface area contributed by atoms with Crippen LogP contribution in [-0.2, 0) is 37.3 Å². The molecule has 10 rings (SSSR count). The first-order chi connectivity index (χ1) is 26.2. The number of likely N-dealkylation sites (N-methyl/N-ethyl adjacent to an activating group) is 1. The van der Waals surface area contributed by atoms with E-state index >= 15 is 0 Å². The highest BCUT2D eigenvalue weighted by molar-refractivity contribution is 5.93. The third-order valence-corrected chi connectivity index (χ3v) is 14.8. The molecule has 0 radical (unpaired) electrons. The first kappa shape index (κ1) is 35.6. The molecule has 1 saturated carbocycles. The molecular weight excluding hydrogens is 681 g/mol. The smallest absolute Gasteiger partial charge is 0.319 e. The number of carbonyl (C=O) groups is 2. The Bertz CT molecular complexity index is 2190. The lowest BCUT2D eigenvalue weighted by Crippen LogP contribution is -2.67. The van der Waals surface area contributed by atoms with Gasteiger partial charge in [-0.25, -0.2) is 0 Å². The number of nitrogens with one attached hydrogen (secondary N) is 2. The number of likely N-dealkylation sites (tertiary alicyclic amines) is 1. The molecule has 1 unspecified atom stereocenters. The number of esters is 2. The molecule has 3 saturated heterocycles. The van der Waals surface area contributed by atoms with E-state index in [0.717, 1.165) is 94.4 Å². The zero-order valence-electron chi connectivity index (χ0n) is 32.5. The molecular formula is C44H54N4O6. The normalized spacial score (nSPS) is 33.8. The average molecular weight is 735 g/mol. The number of fused-ring (bicyclic) bond motifs is 9. The first-order valence-electron chi connectivity index (χ1n) is 19.9. The van der Waals surface area contributed by atoms with Gasteiger partial charge in [0.2, 0.25) is 0 Å². The van der Waals surface area contributed by atoms with Crippen molar-refractivity contribution in [3.05, 3.63) is 76.1 Å².